The molecule has 15 heavy (non-hydrogen) atoms. The van der Waals surface area contributed by atoms with Gasteiger partial charge in [-0.1, -0.05) is 6.92 Å². The fourth-order valence-corrected chi connectivity index (χ4v) is 4.56. The van der Waals surface area contributed by atoms with Crippen molar-refractivity contribution in [3.63, 3.8) is 0 Å². The van der Waals surface area contributed by atoms with Crippen LogP contribution >= 0.6 is 8.22 Å². The molecule has 2 fully saturated rings. The molecule has 0 spiro atoms. The lowest BCUT2D eigenvalue weighted by atomic mass is 10.5. The summed E-state index contributed by atoms with van der Waals surface area (Å²) in [4.78, 5) is 0. The van der Waals surface area contributed by atoms with E-state index in [1.807, 2.05) is 0 Å². The zero-order valence-electron chi connectivity index (χ0n) is 9.52. The highest BCUT2D eigenvalue weighted by Crippen LogP contribution is 2.44. The van der Waals surface area contributed by atoms with Gasteiger partial charge < -0.3 is 9.47 Å². The number of nitrogens with zero attached hydrogens (tertiary/aromatic N) is 2. The third-order valence-electron chi connectivity index (χ3n) is 2.91. The molecule has 2 rings (SSSR count). The van der Waals surface area contributed by atoms with Crippen LogP contribution in [-0.2, 0) is 9.47 Å². The van der Waals surface area contributed by atoms with Gasteiger partial charge in [-0.25, -0.2) is 0 Å². The molecule has 0 amide bonds. The second-order valence-electron chi connectivity index (χ2n) is 3.82. The highest BCUT2D eigenvalue weighted by molar-refractivity contribution is 7.52. The Hall–Kier alpha value is 0.270. The minimum atomic E-state index is -0.0881. The molecule has 5 heteroatoms. The number of ether oxygens (including phenoxy) is 2. The third kappa shape index (κ3) is 3.11. The quantitative estimate of drug-likeness (QED) is 0.677. The molecule has 0 aromatic rings. The fourth-order valence-electron chi connectivity index (χ4n) is 2.15. The van der Waals surface area contributed by atoms with Gasteiger partial charge in [0.15, 0.2) is 0 Å². The number of rotatable bonds is 3. The van der Waals surface area contributed by atoms with Crippen LogP contribution in [0.15, 0.2) is 0 Å². The van der Waals surface area contributed by atoms with Gasteiger partial charge in [-0.2, -0.15) is 0 Å². The van der Waals surface area contributed by atoms with Gasteiger partial charge >= 0.3 is 0 Å². The summed E-state index contributed by atoms with van der Waals surface area (Å²) < 4.78 is 16.0. The Morgan fingerprint density at radius 2 is 1.27 bits per heavy atom. The van der Waals surface area contributed by atoms with Crippen LogP contribution in [0.5, 0.6) is 0 Å². The molecule has 0 saturated carbocycles. The van der Waals surface area contributed by atoms with Gasteiger partial charge in [0, 0.05) is 34.4 Å². The molecule has 4 nitrogen and oxygen atoms in total. The molecule has 0 bridgehead atoms. The average molecular weight is 232 g/mol. The minimum absolute atomic E-state index is 0.0881. The highest BCUT2D eigenvalue weighted by Gasteiger charge is 2.26. The van der Waals surface area contributed by atoms with E-state index in [0.717, 1.165) is 52.6 Å². The number of hydrogen-bond acceptors (Lipinski definition) is 4. The molecule has 0 radical (unpaired) electrons. The molecule has 2 aliphatic heterocycles. The topological polar surface area (TPSA) is 24.9 Å². The van der Waals surface area contributed by atoms with E-state index in [2.05, 4.69) is 16.3 Å². The van der Waals surface area contributed by atoms with E-state index >= 15 is 0 Å². The molecule has 0 unspecified atom stereocenters. The second-order valence-corrected chi connectivity index (χ2v) is 6.33. The first-order valence-electron chi connectivity index (χ1n) is 5.84. The van der Waals surface area contributed by atoms with Crippen molar-refractivity contribution in [3.8, 4) is 0 Å². The van der Waals surface area contributed by atoms with Crippen molar-refractivity contribution in [2.24, 2.45) is 0 Å². The molecule has 0 atom stereocenters. The monoisotopic (exact) mass is 232 g/mol. The van der Waals surface area contributed by atoms with Gasteiger partial charge in [0.2, 0.25) is 0 Å². The molecule has 2 aliphatic rings. The Morgan fingerprint density at radius 3 is 1.60 bits per heavy atom. The summed E-state index contributed by atoms with van der Waals surface area (Å²) >= 11 is 0. The van der Waals surface area contributed by atoms with Gasteiger partial charge in [-0.3, -0.25) is 9.34 Å². The van der Waals surface area contributed by atoms with Crippen LogP contribution in [0.2, 0.25) is 0 Å². The predicted octanol–water partition coefficient (Wildman–Crippen LogP) is 0.983. The zero-order chi connectivity index (χ0) is 10.5. The Bertz CT molecular complexity index is 164. The minimum Gasteiger partial charge on any atom is -0.379 e. The van der Waals surface area contributed by atoms with Gasteiger partial charge in [0.1, 0.15) is 0 Å². The first kappa shape index (κ1) is 11.7. The molecular weight excluding hydrogens is 211 g/mol. The number of morpholine rings is 2. The maximum Gasteiger partial charge on any atom is 0.0597 e. The second kappa shape index (κ2) is 6.12. The van der Waals surface area contributed by atoms with Gasteiger partial charge in [0.05, 0.1) is 26.4 Å². The van der Waals surface area contributed by atoms with Crippen LogP contribution in [-0.4, -0.2) is 68.1 Å². The Kier molecular flexibility index (Phi) is 4.79. The van der Waals surface area contributed by atoms with Crippen LogP contribution in [0, 0.1) is 0 Å². The third-order valence-corrected chi connectivity index (χ3v) is 5.58. The maximum atomic E-state index is 5.41. The van der Waals surface area contributed by atoms with Crippen molar-refractivity contribution in [3.05, 3.63) is 0 Å². The van der Waals surface area contributed by atoms with E-state index in [9.17, 15) is 0 Å². The maximum absolute atomic E-state index is 5.41. The highest BCUT2D eigenvalue weighted by atomic mass is 31.1. The summed E-state index contributed by atoms with van der Waals surface area (Å²) in [5.74, 6) is 0. The Morgan fingerprint density at radius 1 is 0.867 bits per heavy atom. The van der Waals surface area contributed by atoms with E-state index in [4.69, 9.17) is 9.47 Å². The molecule has 2 heterocycles. The van der Waals surface area contributed by atoms with Crippen molar-refractivity contribution in [1.29, 1.82) is 0 Å². The molecule has 2 saturated heterocycles. The van der Waals surface area contributed by atoms with E-state index in [1.165, 1.54) is 6.16 Å². The van der Waals surface area contributed by atoms with E-state index < -0.39 is 0 Å². The largest absolute Gasteiger partial charge is 0.379 e. The molecule has 0 aromatic carbocycles. The molecular formula is C10H21N2O2P. The van der Waals surface area contributed by atoms with Gasteiger partial charge in [-0.05, 0) is 6.16 Å². The Balaban J connectivity index is 1.88. The van der Waals surface area contributed by atoms with Gasteiger partial charge in [-0.15, -0.1) is 0 Å². The SMILES string of the molecule is CCP(N1CCOCC1)N1CCOCC1. The van der Waals surface area contributed by atoms with E-state index in [0.29, 0.717) is 0 Å². The summed E-state index contributed by atoms with van der Waals surface area (Å²) in [6, 6.07) is 0. The summed E-state index contributed by atoms with van der Waals surface area (Å²) in [6.07, 6.45) is 1.26. The summed E-state index contributed by atoms with van der Waals surface area (Å²) in [7, 11) is -0.0881. The van der Waals surface area contributed by atoms with Gasteiger partial charge in [0.25, 0.3) is 0 Å². The summed E-state index contributed by atoms with van der Waals surface area (Å²) in [5.41, 5.74) is 0. The van der Waals surface area contributed by atoms with Crippen molar-refractivity contribution < 1.29 is 9.47 Å². The lowest BCUT2D eigenvalue weighted by Gasteiger charge is -2.42. The predicted molar refractivity (Wildman–Crippen MR) is 62.2 cm³/mol. The van der Waals surface area contributed by atoms with Crippen molar-refractivity contribution in [1.82, 2.24) is 9.34 Å². The average Bonchev–Trinajstić information content (AvgIpc) is 2.33. The smallest absolute Gasteiger partial charge is 0.0597 e. The van der Waals surface area contributed by atoms with Crippen LogP contribution < -0.4 is 0 Å². The summed E-state index contributed by atoms with van der Waals surface area (Å²) in [6.45, 7) is 10.4. The zero-order valence-corrected chi connectivity index (χ0v) is 10.4. The molecule has 0 aromatic heterocycles. The summed E-state index contributed by atoms with van der Waals surface area (Å²) in [5, 5.41) is 0. The lowest BCUT2D eigenvalue weighted by Crippen LogP contribution is -2.41. The van der Waals surface area contributed by atoms with Crippen LogP contribution in [0.1, 0.15) is 6.92 Å². The van der Waals surface area contributed by atoms with E-state index in [-0.39, 0.29) is 8.22 Å². The number of hydrogen-bond donors (Lipinski definition) is 0. The Labute approximate surface area is 93.4 Å². The van der Waals surface area contributed by atoms with E-state index in [1.54, 1.807) is 0 Å². The first-order valence-corrected chi connectivity index (χ1v) is 7.28. The normalized spacial score (nSPS) is 26.0. The molecule has 0 N–H and O–H groups in total. The van der Waals surface area contributed by atoms with Crippen LogP contribution in [0.3, 0.4) is 0 Å². The van der Waals surface area contributed by atoms with Crippen molar-refractivity contribution in [2.45, 2.75) is 6.92 Å². The first-order chi connectivity index (χ1) is 7.42. The van der Waals surface area contributed by atoms with Crippen molar-refractivity contribution >= 4 is 8.22 Å². The standard InChI is InChI=1S/C10H21N2O2P/c1-2-15(11-3-7-13-8-4-11)12-5-9-14-10-6-12/h2-10H2,1H3. The fraction of sp³-hybridized carbons (Fsp3) is 1.00. The van der Waals surface area contributed by atoms with Crippen molar-refractivity contribution in [2.75, 3.05) is 58.8 Å². The molecule has 0 aliphatic carbocycles. The lowest BCUT2D eigenvalue weighted by molar-refractivity contribution is 0.0584. The molecule has 88 valence electrons. The van der Waals surface area contributed by atoms with Crippen LogP contribution in [0.25, 0.3) is 0 Å². The van der Waals surface area contributed by atoms with Crippen LogP contribution in [0.4, 0.5) is 0 Å².